The van der Waals surface area contributed by atoms with E-state index in [1.165, 1.54) is 0 Å². The molecule has 1 aromatic rings. The number of nitrogens with zero attached hydrogens (tertiary/aromatic N) is 2. The molecule has 0 amide bonds. The molecule has 1 heterocycles. The smallest absolute Gasteiger partial charge is 0.330 e. The molecule has 1 saturated heterocycles. The molecule has 2 N–H and O–H groups in total. The molecular weight excluding hydrogens is 290 g/mol. The number of hydrogen-bond acceptors (Lipinski definition) is 5. The van der Waals surface area contributed by atoms with Gasteiger partial charge in [-0.05, 0) is 52.7 Å². The molecule has 1 aliphatic rings. The molecule has 0 aromatic heterocycles. The number of hydrogen-bond donors (Lipinski definition) is 1. The summed E-state index contributed by atoms with van der Waals surface area (Å²) in [5, 5.41) is 1.80. The number of para-hydroxylation sites is 2. The van der Waals surface area contributed by atoms with Crippen molar-refractivity contribution in [2.24, 2.45) is 5.41 Å². The Morgan fingerprint density at radius 2 is 1.91 bits per heavy atom. The van der Waals surface area contributed by atoms with E-state index in [4.69, 9.17) is 10.6 Å². The highest BCUT2D eigenvalue weighted by Gasteiger charge is 2.30. The molecule has 5 heteroatoms. The lowest BCUT2D eigenvalue weighted by Gasteiger charge is -2.39. The zero-order valence-electron chi connectivity index (χ0n) is 14.7. The lowest BCUT2D eigenvalue weighted by molar-refractivity contribution is -0.204. The molecule has 0 spiro atoms. The van der Waals surface area contributed by atoms with Gasteiger partial charge in [-0.2, -0.15) is 0 Å². The fourth-order valence-corrected chi connectivity index (χ4v) is 2.87. The first-order chi connectivity index (χ1) is 10.8. The first-order valence-electron chi connectivity index (χ1n) is 8.41. The molecule has 128 valence electrons. The summed E-state index contributed by atoms with van der Waals surface area (Å²) in [6.07, 6.45) is 1.92. The van der Waals surface area contributed by atoms with Gasteiger partial charge in [-0.1, -0.05) is 12.1 Å². The Hall–Kier alpha value is -1.75. The zero-order valence-corrected chi connectivity index (χ0v) is 14.7. The van der Waals surface area contributed by atoms with Crippen LogP contribution in [0.1, 0.15) is 40.5 Å². The van der Waals surface area contributed by atoms with E-state index in [0.29, 0.717) is 6.04 Å². The van der Waals surface area contributed by atoms with Gasteiger partial charge in [-0.3, -0.25) is 0 Å². The molecule has 2 rings (SSSR count). The van der Waals surface area contributed by atoms with Crippen LogP contribution in [0.15, 0.2) is 24.3 Å². The number of benzene rings is 1. The summed E-state index contributed by atoms with van der Waals surface area (Å²) >= 11 is 0. The quantitative estimate of drug-likeness (QED) is 0.864. The van der Waals surface area contributed by atoms with Crippen LogP contribution in [-0.4, -0.2) is 36.7 Å². The third-order valence-corrected chi connectivity index (χ3v) is 4.28. The van der Waals surface area contributed by atoms with Gasteiger partial charge in [0.1, 0.15) is 0 Å². The summed E-state index contributed by atoms with van der Waals surface area (Å²) in [6.45, 7) is 10.2. The Morgan fingerprint density at radius 1 is 1.30 bits per heavy atom. The standard InChI is InChI=1S/C18H29N3O2/c1-5-21(16-9-7-6-8-15(16)19)14-10-12-20(13-11-14)23-17(22)18(2,3)4/h6-9,14H,5,10-13,19H2,1-4H3. The van der Waals surface area contributed by atoms with Crippen LogP contribution in [0.5, 0.6) is 0 Å². The van der Waals surface area contributed by atoms with E-state index in [9.17, 15) is 4.79 Å². The average molecular weight is 319 g/mol. The van der Waals surface area contributed by atoms with Crippen LogP contribution in [0.3, 0.4) is 0 Å². The van der Waals surface area contributed by atoms with E-state index in [0.717, 1.165) is 43.9 Å². The molecule has 0 bridgehead atoms. The number of rotatable bonds is 4. The molecule has 1 aromatic carbocycles. The minimum Gasteiger partial charge on any atom is -0.397 e. The minimum absolute atomic E-state index is 0.171. The second-order valence-corrected chi connectivity index (χ2v) is 7.13. The van der Waals surface area contributed by atoms with Crippen molar-refractivity contribution in [2.45, 2.75) is 46.6 Å². The van der Waals surface area contributed by atoms with E-state index >= 15 is 0 Å². The maximum absolute atomic E-state index is 12.0. The van der Waals surface area contributed by atoms with Crippen molar-refractivity contribution >= 4 is 17.3 Å². The second-order valence-electron chi connectivity index (χ2n) is 7.13. The van der Waals surface area contributed by atoms with Gasteiger partial charge >= 0.3 is 5.97 Å². The minimum atomic E-state index is -0.467. The number of nitrogen functional groups attached to an aromatic ring is 1. The number of nitrogens with two attached hydrogens (primary N) is 1. The predicted octanol–water partition coefficient (Wildman–Crippen LogP) is 3.06. The normalized spacial score (nSPS) is 17.0. The molecule has 0 aliphatic carbocycles. The fraction of sp³-hybridized carbons (Fsp3) is 0.611. The molecular formula is C18H29N3O2. The topological polar surface area (TPSA) is 58.8 Å². The average Bonchev–Trinajstić information content (AvgIpc) is 2.50. The summed E-state index contributed by atoms with van der Waals surface area (Å²) < 4.78 is 0. The lowest BCUT2D eigenvalue weighted by Crippen LogP contribution is -2.46. The van der Waals surface area contributed by atoms with Gasteiger partial charge in [-0.15, -0.1) is 5.06 Å². The molecule has 0 unspecified atom stereocenters. The highest BCUT2D eigenvalue weighted by Crippen LogP contribution is 2.28. The Balaban J connectivity index is 1.95. The SMILES string of the molecule is CCN(c1ccccc1N)C1CCN(OC(=O)C(C)(C)C)CC1. The Bertz CT molecular complexity index is 531. The molecule has 5 nitrogen and oxygen atoms in total. The second kappa shape index (κ2) is 7.21. The van der Waals surface area contributed by atoms with Crippen LogP contribution in [0.25, 0.3) is 0 Å². The first kappa shape index (κ1) is 17.6. The van der Waals surface area contributed by atoms with Crippen molar-refractivity contribution in [2.75, 3.05) is 30.3 Å². The monoisotopic (exact) mass is 319 g/mol. The van der Waals surface area contributed by atoms with Crippen molar-refractivity contribution < 1.29 is 9.63 Å². The molecule has 0 radical (unpaired) electrons. The van der Waals surface area contributed by atoms with Crippen LogP contribution in [-0.2, 0) is 9.63 Å². The van der Waals surface area contributed by atoms with Gasteiger partial charge in [0.2, 0.25) is 0 Å². The third kappa shape index (κ3) is 4.38. The van der Waals surface area contributed by atoms with Crippen molar-refractivity contribution in [3.05, 3.63) is 24.3 Å². The molecule has 23 heavy (non-hydrogen) atoms. The van der Waals surface area contributed by atoms with Crippen LogP contribution in [0, 0.1) is 5.41 Å². The van der Waals surface area contributed by atoms with Gasteiger partial charge in [0.05, 0.1) is 16.8 Å². The van der Waals surface area contributed by atoms with Gasteiger partial charge in [0.15, 0.2) is 0 Å². The summed E-state index contributed by atoms with van der Waals surface area (Å²) in [5.74, 6) is -0.171. The van der Waals surface area contributed by atoms with Crippen molar-refractivity contribution in [1.82, 2.24) is 5.06 Å². The molecule has 0 atom stereocenters. The highest BCUT2D eigenvalue weighted by molar-refractivity contribution is 5.75. The summed E-state index contributed by atoms with van der Waals surface area (Å²) in [6, 6.07) is 8.42. The highest BCUT2D eigenvalue weighted by atomic mass is 16.7. The van der Waals surface area contributed by atoms with E-state index in [-0.39, 0.29) is 5.97 Å². The van der Waals surface area contributed by atoms with Crippen molar-refractivity contribution in [1.29, 1.82) is 0 Å². The maximum atomic E-state index is 12.0. The first-order valence-corrected chi connectivity index (χ1v) is 8.41. The number of carbonyl (C=O) groups excluding carboxylic acids is 1. The van der Waals surface area contributed by atoms with Gasteiger partial charge in [0.25, 0.3) is 0 Å². The Morgan fingerprint density at radius 3 is 2.43 bits per heavy atom. The van der Waals surface area contributed by atoms with E-state index in [1.54, 1.807) is 5.06 Å². The van der Waals surface area contributed by atoms with Gasteiger partial charge < -0.3 is 15.5 Å². The zero-order chi connectivity index (χ0) is 17.0. The molecule has 0 saturated carbocycles. The molecule has 1 aliphatic heterocycles. The van der Waals surface area contributed by atoms with E-state index in [2.05, 4.69) is 17.9 Å². The fourth-order valence-electron chi connectivity index (χ4n) is 2.87. The number of carbonyl (C=O) groups is 1. The van der Waals surface area contributed by atoms with Crippen LogP contribution >= 0.6 is 0 Å². The van der Waals surface area contributed by atoms with Crippen LogP contribution < -0.4 is 10.6 Å². The maximum Gasteiger partial charge on any atom is 0.330 e. The van der Waals surface area contributed by atoms with Gasteiger partial charge in [-0.25, -0.2) is 4.79 Å². The number of anilines is 2. The van der Waals surface area contributed by atoms with Crippen LogP contribution in [0.4, 0.5) is 11.4 Å². The lowest BCUT2D eigenvalue weighted by atomic mass is 9.97. The molecule has 1 fully saturated rings. The van der Waals surface area contributed by atoms with E-state index < -0.39 is 5.41 Å². The third-order valence-electron chi connectivity index (χ3n) is 4.28. The summed E-state index contributed by atoms with van der Waals surface area (Å²) in [5.41, 5.74) is 7.57. The largest absolute Gasteiger partial charge is 0.397 e. The number of hydroxylamine groups is 2. The van der Waals surface area contributed by atoms with Crippen molar-refractivity contribution in [3.8, 4) is 0 Å². The van der Waals surface area contributed by atoms with E-state index in [1.807, 2.05) is 39.0 Å². The summed E-state index contributed by atoms with van der Waals surface area (Å²) in [4.78, 5) is 19.8. The number of piperidine rings is 1. The van der Waals surface area contributed by atoms with Gasteiger partial charge in [0, 0.05) is 25.7 Å². The van der Waals surface area contributed by atoms with Crippen molar-refractivity contribution in [3.63, 3.8) is 0 Å². The Kier molecular flexibility index (Phi) is 5.52. The Labute approximate surface area is 139 Å². The van der Waals surface area contributed by atoms with Crippen LogP contribution in [0.2, 0.25) is 0 Å². The predicted molar refractivity (Wildman–Crippen MR) is 94.0 cm³/mol. The summed E-state index contributed by atoms with van der Waals surface area (Å²) in [7, 11) is 0.